The summed E-state index contributed by atoms with van der Waals surface area (Å²) >= 11 is 0. The van der Waals surface area contributed by atoms with Gasteiger partial charge in [0.1, 0.15) is 6.07 Å². The molecular formula is C19H21FN4O. The molecule has 0 saturated carbocycles. The van der Waals surface area contributed by atoms with Crippen molar-refractivity contribution in [2.45, 2.75) is 39.4 Å². The van der Waals surface area contributed by atoms with E-state index in [-0.39, 0.29) is 18.6 Å². The summed E-state index contributed by atoms with van der Waals surface area (Å²) in [6.07, 6.45) is 0.839. The molecule has 0 bridgehead atoms. The van der Waals surface area contributed by atoms with Crippen LogP contribution in [0.1, 0.15) is 31.5 Å². The number of nitrogens with zero attached hydrogens (tertiary/aromatic N) is 3. The number of carbonyl (C=O) groups excluding carboxylic acids is 1. The highest BCUT2D eigenvalue weighted by atomic mass is 19.1. The Morgan fingerprint density at radius 3 is 2.72 bits per heavy atom. The average Bonchev–Trinajstić information content (AvgIpc) is 2.93. The van der Waals surface area contributed by atoms with Gasteiger partial charge in [-0.1, -0.05) is 37.3 Å². The van der Waals surface area contributed by atoms with E-state index >= 15 is 0 Å². The number of fused-ring (bicyclic) bond motifs is 1. The van der Waals surface area contributed by atoms with Gasteiger partial charge in [0.15, 0.2) is 0 Å². The minimum absolute atomic E-state index is 0.0771. The van der Waals surface area contributed by atoms with Gasteiger partial charge < -0.3 is 14.8 Å². The third-order valence-electron chi connectivity index (χ3n) is 4.69. The molecule has 0 fully saturated rings. The molecule has 1 atom stereocenters. The summed E-state index contributed by atoms with van der Waals surface area (Å²) in [6, 6.07) is 11.1. The normalized spacial score (nSPS) is 14.6. The van der Waals surface area contributed by atoms with Crippen molar-refractivity contribution in [3.8, 4) is 17.2 Å². The third-order valence-corrected chi connectivity index (χ3v) is 4.69. The molecule has 0 aliphatic carbocycles. The molecule has 2 amide bonds. The first-order chi connectivity index (χ1) is 12.1. The molecule has 6 heteroatoms. The van der Waals surface area contributed by atoms with Gasteiger partial charge in [-0.05, 0) is 18.9 Å². The van der Waals surface area contributed by atoms with Crippen LogP contribution in [0.15, 0.2) is 30.3 Å². The van der Waals surface area contributed by atoms with E-state index in [0.717, 1.165) is 6.42 Å². The lowest BCUT2D eigenvalue weighted by Gasteiger charge is -2.30. The second kappa shape index (κ2) is 6.98. The van der Waals surface area contributed by atoms with Crippen LogP contribution < -0.4 is 5.32 Å². The molecule has 5 nitrogen and oxygen atoms in total. The molecule has 0 saturated heterocycles. The van der Waals surface area contributed by atoms with Crippen molar-refractivity contribution >= 4 is 6.03 Å². The van der Waals surface area contributed by atoms with Gasteiger partial charge in [-0.3, -0.25) is 0 Å². The highest BCUT2D eigenvalue weighted by molar-refractivity contribution is 5.76. The predicted octanol–water partition coefficient (Wildman–Crippen LogP) is 3.49. The molecule has 1 unspecified atom stereocenters. The van der Waals surface area contributed by atoms with Crippen molar-refractivity contribution in [2.24, 2.45) is 0 Å². The second-order valence-corrected chi connectivity index (χ2v) is 6.30. The Hall–Kier alpha value is -2.81. The molecule has 130 valence electrons. The molecule has 2 heterocycles. The van der Waals surface area contributed by atoms with E-state index in [1.54, 1.807) is 17.0 Å². The Morgan fingerprint density at radius 1 is 1.36 bits per heavy atom. The Bertz CT molecular complexity index is 822. The fraction of sp³-hybridized carbons (Fsp3) is 0.368. The quantitative estimate of drug-likeness (QED) is 0.930. The number of urea groups is 1. The van der Waals surface area contributed by atoms with Gasteiger partial charge in [0, 0.05) is 19.1 Å². The average molecular weight is 340 g/mol. The van der Waals surface area contributed by atoms with Crippen molar-refractivity contribution in [3.63, 3.8) is 0 Å². The zero-order valence-electron chi connectivity index (χ0n) is 14.4. The fourth-order valence-electron chi connectivity index (χ4n) is 3.08. The predicted molar refractivity (Wildman–Crippen MR) is 93.2 cm³/mol. The van der Waals surface area contributed by atoms with Gasteiger partial charge in [-0.15, -0.1) is 0 Å². The summed E-state index contributed by atoms with van der Waals surface area (Å²) in [6.45, 7) is 4.94. The lowest BCUT2D eigenvalue weighted by atomic mass is 10.0. The van der Waals surface area contributed by atoms with E-state index < -0.39 is 5.95 Å². The maximum atomic E-state index is 14.9. The summed E-state index contributed by atoms with van der Waals surface area (Å²) in [5.41, 5.74) is 1.87. The van der Waals surface area contributed by atoms with E-state index in [1.807, 2.05) is 32.0 Å². The first-order valence-electron chi connectivity index (χ1n) is 8.48. The number of hydrogen-bond donors (Lipinski definition) is 1. The molecule has 2 aromatic rings. The largest absolute Gasteiger partial charge is 0.336 e. The Balaban J connectivity index is 1.95. The zero-order chi connectivity index (χ0) is 18.0. The standard InChI is InChI=1S/C19H21FN4O/c1-3-13(2)22-19(25)23-9-10-24-16(12-23)15(11-21)17(18(24)20)14-7-5-4-6-8-14/h4-8,13H,3,9-10,12H2,1-2H3,(H,22,25). The molecule has 1 aromatic carbocycles. The number of benzene rings is 1. The number of aromatic nitrogens is 1. The SMILES string of the molecule is CCC(C)NC(=O)N1CCn2c(F)c(-c3ccccc3)c(C#N)c2C1. The molecule has 25 heavy (non-hydrogen) atoms. The summed E-state index contributed by atoms with van der Waals surface area (Å²) in [5.74, 6) is -0.403. The minimum atomic E-state index is -0.403. The number of nitriles is 1. The summed E-state index contributed by atoms with van der Waals surface area (Å²) < 4.78 is 16.5. The highest BCUT2D eigenvalue weighted by Gasteiger charge is 2.30. The lowest BCUT2D eigenvalue weighted by molar-refractivity contribution is 0.177. The Morgan fingerprint density at radius 2 is 2.08 bits per heavy atom. The molecule has 0 radical (unpaired) electrons. The first kappa shape index (κ1) is 17.0. The Labute approximate surface area is 146 Å². The number of hydrogen-bond acceptors (Lipinski definition) is 2. The molecule has 1 aliphatic heterocycles. The maximum Gasteiger partial charge on any atom is 0.318 e. The summed E-state index contributed by atoms with van der Waals surface area (Å²) in [5, 5.41) is 12.5. The molecule has 1 aliphatic rings. The van der Waals surface area contributed by atoms with Crippen LogP contribution in [0.2, 0.25) is 0 Å². The zero-order valence-corrected chi connectivity index (χ0v) is 14.4. The van der Waals surface area contributed by atoms with E-state index in [4.69, 9.17) is 0 Å². The molecule has 3 rings (SSSR count). The van der Waals surface area contributed by atoms with Crippen LogP contribution in [-0.4, -0.2) is 28.1 Å². The molecule has 1 aromatic heterocycles. The van der Waals surface area contributed by atoms with E-state index in [0.29, 0.717) is 35.5 Å². The number of halogens is 1. The first-order valence-corrected chi connectivity index (χ1v) is 8.48. The van der Waals surface area contributed by atoms with Crippen LogP contribution in [-0.2, 0) is 13.1 Å². The van der Waals surface area contributed by atoms with Crippen LogP contribution >= 0.6 is 0 Å². The van der Waals surface area contributed by atoms with Gasteiger partial charge in [0.25, 0.3) is 0 Å². The fourth-order valence-corrected chi connectivity index (χ4v) is 3.08. The third kappa shape index (κ3) is 3.10. The molecule has 0 spiro atoms. The van der Waals surface area contributed by atoms with Crippen molar-refractivity contribution < 1.29 is 9.18 Å². The summed E-state index contributed by atoms with van der Waals surface area (Å²) in [7, 11) is 0. The van der Waals surface area contributed by atoms with Crippen LogP contribution in [0.25, 0.3) is 11.1 Å². The maximum absolute atomic E-state index is 14.9. The number of amides is 2. The van der Waals surface area contributed by atoms with Crippen molar-refractivity contribution in [1.82, 2.24) is 14.8 Å². The molecule has 1 N–H and O–H groups in total. The minimum Gasteiger partial charge on any atom is -0.336 e. The van der Waals surface area contributed by atoms with Crippen molar-refractivity contribution in [3.05, 3.63) is 47.5 Å². The van der Waals surface area contributed by atoms with Crippen LogP contribution in [0.3, 0.4) is 0 Å². The Kier molecular flexibility index (Phi) is 4.75. The van der Waals surface area contributed by atoms with Crippen LogP contribution in [0.5, 0.6) is 0 Å². The van der Waals surface area contributed by atoms with Gasteiger partial charge in [-0.25, -0.2) is 4.79 Å². The molecular weight excluding hydrogens is 319 g/mol. The van der Waals surface area contributed by atoms with Gasteiger partial charge in [0.05, 0.1) is 23.4 Å². The number of nitrogens with one attached hydrogen (secondary N) is 1. The highest BCUT2D eigenvalue weighted by Crippen LogP contribution is 2.33. The van der Waals surface area contributed by atoms with Crippen molar-refractivity contribution in [2.75, 3.05) is 6.54 Å². The van der Waals surface area contributed by atoms with Crippen LogP contribution in [0.4, 0.5) is 9.18 Å². The van der Waals surface area contributed by atoms with E-state index in [2.05, 4.69) is 11.4 Å². The number of rotatable bonds is 3. The smallest absolute Gasteiger partial charge is 0.318 e. The topological polar surface area (TPSA) is 61.1 Å². The van der Waals surface area contributed by atoms with E-state index in [1.165, 1.54) is 4.57 Å². The van der Waals surface area contributed by atoms with Crippen molar-refractivity contribution in [1.29, 1.82) is 5.26 Å². The number of carbonyl (C=O) groups is 1. The van der Waals surface area contributed by atoms with E-state index in [9.17, 15) is 14.4 Å². The lowest BCUT2D eigenvalue weighted by Crippen LogP contribution is -2.47. The summed E-state index contributed by atoms with van der Waals surface area (Å²) in [4.78, 5) is 14.0. The van der Waals surface area contributed by atoms with Gasteiger partial charge in [-0.2, -0.15) is 9.65 Å². The van der Waals surface area contributed by atoms with Crippen LogP contribution in [0, 0.1) is 17.3 Å². The second-order valence-electron chi connectivity index (χ2n) is 6.30. The van der Waals surface area contributed by atoms with Gasteiger partial charge >= 0.3 is 6.03 Å². The monoisotopic (exact) mass is 340 g/mol. The van der Waals surface area contributed by atoms with Gasteiger partial charge in [0.2, 0.25) is 5.95 Å².